The fourth-order valence-corrected chi connectivity index (χ4v) is 1.27. The van der Waals surface area contributed by atoms with Crippen LogP contribution < -0.4 is 0 Å². The minimum absolute atomic E-state index is 0.112. The topological polar surface area (TPSA) is 26.3 Å². The van der Waals surface area contributed by atoms with Gasteiger partial charge in [-0.1, -0.05) is 13.8 Å². The van der Waals surface area contributed by atoms with Crippen molar-refractivity contribution in [1.29, 1.82) is 0 Å². The van der Waals surface area contributed by atoms with E-state index in [0.717, 1.165) is 12.8 Å². The zero-order valence-corrected chi connectivity index (χ0v) is 7.46. The Morgan fingerprint density at radius 2 is 2.00 bits per heavy atom. The molecule has 0 unspecified atom stereocenters. The van der Waals surface area contributed by atoms with Gasteiger partial charge in [-0.3, -0.25) is 4.79 Å². The van der Waals surface area contributed by atoms with E-state index in [1.807, 2.05) is 13.8 Å². The molecule has 1 atom stereocenters. The number of methoxy groups -OCH3 is 1. The second-order valence-electron chi connectivity index (χ2n) is 3.55. The molecule has 1 rings (SSSR count). The van der Waals surface area contributed by atoms with Crippen molar-refractivity contribution in [1.82, 2.24) is 0 Å². The minimum Gasteiger partial charge on any atom is -0.373 e. The molecule has 0 aromatic carbocycles. The highest BCUT2D eigenvalue weighted by Crippen LogP contribution is 2.35. The van der Waals surface area contributed by atoms with E-state index in [4.69, 9.17) is 4.74 Å². The molecule has 11 heavy (non-hydrogen) atoms. The van der Waals surface area contributed by atoms with Crippen LogP contribution in [-0.2, 0) is 9.53 Å². The van der Waals surface area contributed by atoms with E-state index in [1.54, 1.807) is 7.11 Å². The lowest BCUT2D eigenvalue weighted by Gasteiger charge is -2.14. The summed E-state index contributed by atoms with van der Waals surface area (Å²) in [7, 11) is 1.63. The first-order chi connectivity index (χ1) is 5.16. The Hall–Kier alpha value is -0.370. The molecule has 1 fully saturated rings. The van der Waals surface area contributed by atoms with Gasteiger partial charge in [0.25, 0.3) is 0 Å². The molecule has 2 heteroatoms. The number of ether oxygens (including phenoxy) is 1. The third kappa shape index (κ3) is 2.03. The van der Waals surface area contributed by atoms with Gasteiger partial charge >= 0.3 is 0 Å². The van der Waals surface area contributed by atoms with Gasteiger partial charge in [-0.2, -0.15) is 0 Å². The third-order valence-electron chi connectivity index (χ3n) is 2.15. The van der Waals surface area contributed by atoms with Gasteiger partial charge in [0.1, 0.15) is 6.10 Å². The van der Waals surface area contributed by atoms with E-state index in [0.29, 0.717) is 5.92 Å². The lowest BCUT2D eigenvalue weighted by molar-refractivity contribution is -0.133. The fraction of sp³-hybridized carbons (Fsp3) is 0.889. The first kappa shape index (κ1) is 8.72. The molecule has 0 radical (unpaired) electrons. The van der Waals surface area contributed by atoms with Gasteiger partial charge in [0.2, 0.25) is 0 Å². The van der Waals surface area contributed by atoms with Crippen LogP contribution in [0, 0.1) is 11.8 Å². The molecule has 1 aliphatic rings. The molecule has 0 bridgehead atoms. The summed E-state index contributed by atoms with van der Waals surface area (Å²) in [5, 5.41) is 0. The van der Waals surface area contributed by atoms with Crippen molar-refractivity contribution >= 4 is 5.78 Å². The van der Waals surface area contributed by atoms with Crippen molar-refractivity contribution in [3.63, 3.8) is 0 Å². The molecular weight excluding hydrogens is 140 g/mol. The first-order valence-electron chi connectivity index (χ1n) is 4.23. The van der Waals surface area contributed by atoms with Gasteiger partial charge in [0.05, 0.1) is 0 Å². The first-order valence-corrected chi connectivity index (χ1v) is 4.23. The monoisotopic (exact) mass is 156 g/mol. The Balaban J connectivity index is 2.46. The van der Waals surface area contributed by atoms with E-state index in [-0.39, 0.29) is 17.8 Å². The average molecular weight is 156 g/mol. The van der Waals surface area contributed by atoms with Gasteiger partial charge in [-0.15, -0.1) is 0 Å². The van der Waals surface area contributed by atoms with E-state index >= 15 is 0 Å². The summed E-state index contributed by atoms with van der Waals surface area (Å²) in [6.07, 6.45) is 2.21. The molecule has 2 nitrogen and oxygen atoms in total. The van der Waals surface area contributed by atoms with Crippen LogP contribution in [0.1, 0.15) is 26.7 Å². The summed E-state index contributed by atoms with van der Waals surface area (Å²) < 4.78 is 5.15. The second-order valence-corrected chi connectivity index (χ2v) is 3.55. The number of Topliss-reactive ketones (excluding diaryl/α,β-unsaturated/α-hetero) is 1. The zero-order chi connectivity index (χ0) is 8.43. The molecule has 0 aromatic rings. The van der Waals surface area contributed by atoms with Gasteiger partial charge < -0.3 is 4.74 Å². The van der Waals surface area contributed by atoms with Crippen LogP contribution in [0.2, 0.25) is 0 Å². The van der Waals surface area contributed by atoms with Crippen LogP contribution >= 0.6 is 0 Å². The summed E-state index contributed by atoms with van der Waals surface area (Å²) in [6.45, 7) is 3.85. The zero-order valence-electron chi connectivity index (χ0n) is 7.46. The second kappa shape index (κ2) is 3.35. The highest BCUT2D eigenvalue weighted by atomic mass is 16.5. The Morgan fingerprint density at radius 1 is 1.45 bits per heavy atom. The molecule has 0 aromatic heterocycles. The Morgan fingerprint density at radius 3 is 2.27 bits per heavy atom. The standard InChI is InChI=1S/C9H16O2/c1-6(2)8(10)9(11-3)7-4-5-7/h6-7,9H,4-5H2,1-3H3/t9-/m1/s1. The maximum atomic E-state index is 11.4. The summed E-state index contributed by atoms with van der Waals surface area (Å²) in [4.78, 5) is 11.4. The molecule has 0 saturated heterocycles. The van der Waals surface area contributed by atoms with Crippen molar-refractivity contribution < 1.29 is 9.53 Å². The van der Waals surface area contributed by atoms with Crippen LogP contribution in [0.25, 0.3) is 0 Å². The molecule has 0 spiro atoms. The molecule has 0 amide bonds. The lowest BCUT2D eigenvalue weighted by atomic mass is 10.0. The van der Waals surface area contributed by atoms with Gasteiger partial charge in [0, 0.05) is 13.0 Å². The minimum atomic E-state index is -0.116. The van der Waals surface area contributed by atoms with E-state index in [2.05, 4.69) is 0 Å². The Kier molecular flexibility index (Phi) is 2.66. The van der Waals surface area contributed by atoms with Crippen LogP contribution in [0.15, 0.2) is 0 Å². The summed E-state index contributed by atoms with van der Waals surface area (Å²) >= 11 is 0. The summed E-state index contributed by atoms with van der Waals surface area (Å²) in [5.41, 5.74) is 0. The molecular formula is C9H16O2. The molecule has 1 aliphatic carbocycles. The quantitative estimate of drug-likeness (QED) is 0.618. The highest BCUT2D eigenvalue weighted by Gasteiger charge is 2.36. The van der Waals surface area contributed by atoms with E-state index in [9.17, 15) is 4.79 Å². The van der Waals surface area contributed by atoms with Crippen molar-refractivity contribution in [2.45, 2.75) is 32.8 Å². The maximum absolute atomic E-state index is 11.4. The van der Waals surface area contributed by atoms with Crippen LogP contribution in [0.3, 0.4) is 0 Å². The predicted molar refractivity (Wildman–Crippen MR) is 43.4 cm³/mol. The normalized spacial score (nSPS) is 20.4. The highest BCUT2D eigenvalue weighted by molar-refractivity contribution is 5.85. The lowest BCUT2D eigenvalue weighted by Crippen LogP contribution is -2.28. The van der Waals surface area contributed by atoms with Gasteiger partial charge in [-0.05, 0) is 18.8 Å². The van der Waals surface area contributed by atoms with E-state index < -0.39 is 0 Å². The number of carbonyl (C=O) groups is 1. The Bertz CT molecular complexity index is 148. The third-order valence-corrected chi connectivity index (χ3v) is 2.15. The fourth-order valence-electron chi connectivity index (χ4n) is 1.27. The Labute approximate surface area is 67.9 Å². The average Bonchev–Trinajstić information content (AvgIpc) is 2.72. The van der Waals surface area contributed by atoms with Crippen molar-refractivity contribution in [2.75, 3.05) is 7.11 Å². The van der Waals surface area contributed by atoms with Crippen LogP contribution in [0.4, 0.5) is 0 Å². The smallest absolute Gasteiger partial charge is 0.164 e. The molecule has 64 valence electrons. The molecule has 0 heterocycles. The van der Waals surface area contributed by atoms with Crippen molar-refractivity contribution in [3.05, 3.63) is 0 Å². The SMILES string of the molecule is CO[C@@H](C(=O)C(C)C)C1CC1. The van der Waals surface area contributed by atoms with Crippen LogP contribution in [0.5, 0.6) is 0 Å². The number of hydrogen-bond acceptors (Lipinski definition) is 2. The molecule has 0 aliphatic heterocycles. The summed E-state index contributed by atoms with van der Waals surface area (Å²) in [6, 6.07) is 0. The number of hydrogen-bond donors (Lipinski definition) is 0. The number of ketones is 1. The molecule has 1 saturated carbocycles. The summed E-state index contributed by atoms with van der Waals surface area (Å²) in [5.74, 6) is 0.894. The predicted octanol–water partition coefficient (Wildman–Crippen LogP) is 1.64. The largest absolute Gasteiger partial charge is 0.373 e. The van der Waals surface area contributed by atoms with Crippen molar-refractivity contribution in [3.8, 4) is 0 Å². The van der Waals surface area contributed by atoms with Crippen LogP contribution in [-0.4, -0.2) is 19.0 Å². The molecule has 0 N–H and O–H groups in total. The number of rotatable bonds is 4. The van der Waals surface area contributed by atoms with E-state index in [1.165, 1.54) is 0 Å². The maximum Gasteiger partial charge on any atom is 0.164 e. The van der Waals surface area contributed by atoms with Gasteiger partial charge in [0.15, 0.2) is 5.78 Å². The van der Waals surface area contributed by atoms with Crippen molar-refractivity contribution in [2.24, 2.45) is 11.8 Å². The van der Waals surface area contributed by atoms with Gasteiger partial charge in [-0.25, -0.2) is 0 Å². The number of carbonyl (C=O) groups excluding carboxylic acids is 1.